The summed E-state index contributed by atoms with van der Waals surface area (Å²) >= 11 is 3.12. The molecule has 0 aliphatic carbocycles. The minimum absolute atomic E-state index is 0. The third-order valence-corrected chi connectivity index (χ3v) is 6.35. The lowest BCUT2D eigenvalue weighted by atomic mass is 10.1. The maximum Gasteiger partial charge on any atom is 0.407 e. The fourth-order valence-corrected chi connectivity index (χ4v) is 4.68. The van der Waals surface area contributed by atoms with E-state index in [9.17, 15) is 4.79 Å². The van der Waals surface area contributed by atoms with Crippen LogP contribution in [0.1, 0.15) is 17.4 Å². The molecular formula is C22H28ClN5O3S2. The van der Waals surface area contributed by atoms with Gasteiger partial charge in [-0.25, -0.2) is 9.78 Å². The number of carbonyl (C=O) groups excluding carboxylic acids is 1. The third-order valence-electron chi connectivity index (χ3n) is 4.43. The summed E-state index contributed by atoms with van der Waals surface area (Å²) in [7, 11) is 1.66. The average Bonchev–Trinajstić information content (AvgIpc) is 3.44. The number of nitrogens with zero attached hydrogens (tertiary/aromatic N) is 2. The van der Waals surface area contributed by atoms with E-state index in [0.29, 0.717) is 30.8 Å². The molecule has 3 aromatic rings. The van der Waals surface area contributed by atoms with Crippen LogP contribution in [-0.2, 0) is 17.6 Å². The topological polar surface area (TPSA) is 111 Å². The van der Waals surface area contributed by atoms with Gasteiger partial charge in [-0.1, -0.05) is 18.2 Å². The van der Waals surface area contributed by atoms with Crippen LogP contribution >= 0.6 is 35.1 Å². The molecule has 0 bridgehead atoms. The second kappa shape index (κ2) is 13.7. The number of alkyl carbamates (subject to hydrolysis) is 1. The number of thiophene rings is 1. The van der Waals surface area contributed by atoms with Gasteiger partial charge in [-0.05, 0) is 43.5 Å². The Morgan fingerprint density at radius 3 is 2.82 bits per heavy atom. The SMILES string of the molecule is CCOC(=O)NCCc1ccc(-c2csc(NC(N)=NCCc3ccccc3OC)n2)s1.Cl. The number of amides is 1. The highest BCUT2D eigenvalue weighted by atomic mass is 35.5. The molecular weight excluding hydrogens is 482 g/mol. The predicted octanol–water partition coefficient (Wildman–Crippen LogP) is 4.56. The molecule has 0 unspecified atom stereocenters. The summed E-state index contributed by atoms with van der Waals surface area (Å²) in [6.45, 7) is 3.23. The van der Waals surface area contributed by atoms with Crippen LogP contribution in [0.15, 0.2) is 46.8 Å². The molecule has 0 fully saturated rings. The van der Waals surface area contributed by atoms with Crippen molar-refractivity contribution in [2.24, 2.45) is 10.7 Å². The number of rotatable bonds is 10. The number of nitrogens with one attached hydrogen (secondary N) is 2. The smallest absolute Gasteiger partial charge is 0.407 e. The summed E-state index contributed by atoms with van der Waals surface area (Å²) in [6, 6.07) is 12.0. The molecule has 0 spiro atoms. The highest BCUT2D eigenvalue weighted by Crippen LogP contribution is 2.31. The zero-order valence-electron chi connectivity index (χ0n) is 18.5. The van der Waals surface area contributed by atoms with Crippen molar-refractivity contribution in [2.75, 3.05) is 32.1 Å². The Kier molecular flexibility index (Phi) is 10.9. The number of aliphatic imine (C=N–C) groups is 1. The Morgan fingerprint density at radius 2 is 2.03 bits per heavy atom. The minimum atomic E-state index is -0.387. The average molecular weight is 510 g/mol. The Morgan fingerprint density at radius 1 is 1.21 bits per heavy atom. The summed E-state index contributed by atoms with van der Waals surface area (Å²) < 4.78 is 10.2. The largest absolute Gasteiger partial charge is 0.496 e. The quantitative estimate of drug-likeness (QED) is 0.273. The van der Waals surface area contributed by atoms with Crippen molar-refractivity contribution < 1.29 is 14.3 Å². The number of halogens is 1. The van der Waals surface area contributed by atoms with Crippen molar-refractivity contribution in [3.8, 4) is 16.3 Å². The van der Waals surface area contributed by atoms with E-state index in [2.05, 4.69) is 20.6 Å². The van der Waals surface area contributed by atoms with Crippen LogP contribution in [0.25, 0.3) is 10.6 Å². The molecule has 0 radical (unpaired) electrons. The number of nitrogens with two attached hydrogens (primary N) is 1. The molecule has 0 saturated heterocycles. The molecule has 1 amide bonds. The van der Waals surface area contributed by atoms with Crippen LogP contribution < -0.4 is 21.1 Å². The summed E-state index contributed by atoms with van der Waals surface area (Å²) in [5.41, 5.74) is 8.00. The van der Waals surface area contributed by atoms with Gasteiger partial charge in [0.05, 0.1) is 24.3 Å². The predicted molar refractivity (Wildman–Crippen MR) is 138 cm³/mol. The molecule has 1 aromatic carbocycles. The van der Waals surface area contributed by atoms with Crippen LogP contribution in [0.2, 0.25) is 0 Å². The molecule has 0 aliphatic heterocycles. The zero-order valence-corrected chi connectivity index (χ0v) is 20.9. The highest BCUT2D eigenvalue weighted by Gasteiger charge is 2.09. The summed E-state index contributed by atoms with van der Waals surface area (Å²) in [5, 5.41) is 8.46. The lowest BCUT2D eigenvalue weighted by Gasteiger charge is -2.06. The molecule has 2 heterocycles. The molecule has 33 heavy (non-hydrogen) atoms. The highest BCUT2D eigenvalue weighted by molar-refractivity contribution is 7.17. The van der Waals surface area contributed by atoms with Gasteiger partial charge in [-0.3, -0.25) is 4.99 Å². The van der Waals surface area contributed by atoms with E-state index in [1.54, 1.807) is 25.4 Å². The van der Waals surface area contributed by atoms with Gasteiger partial charge in [0.2, 0.25) is 0 Å². The number of hydrogen-bond acceptors (Lipinski definition) is 7. The molecule has 4 N–H and O–H groups in total. The first-order chi connectivity index (χ1) is 15.6. The van der Waals surface area contributed by atoms with Gasteiger partial charge < -0.3 is 25.8 Å². The number of thiazole rings is 1. The van der Waals surface area contributed by atoms with Crippen LogP contribution in [0.3, 0.4) is 0 Å². The first-order valence-corrected chi connectivity index (χ1v) is 11.9. The monoisotopic (exact) mass is 509 g/mol. The number of hydrogen-bond donors (Lipinski definition) is 3. The fourth-order valence-electron chi connectivity index (χ4n) is 2.92. The zero-order chi connectivity index (χ0) is 22.8. The minimum Gasteiger partial charge on any atom is -0.496 e. The molecule has 8 nitrogen and oxygen atoms in total. The van der Waals surface area contributed by atoms with E-state index in [-0.39, 0.29) is 18.5 Å². The van der Waals surface area contributed by atoms with Crippen LogP contribution in [0.5, 0.6) is 5.75 Å². The molecule has 178 valence electrons. The first kappa shape index (κ1) is 26.4. The Hall–Kier alpha value is -2.82. The second-order valence-electron chi connectivity index (χ2n) is 6.65. The number of ether oxygens (including phenoxy) is 2. The first-order valence-electron chi connectivity index (χ1n) is 10.2. The van der Waals surface area contributed by atoms with Gasteiger partial charge in [0, 0.05) is 23.3 Å². The summed E-state index contributed by atoms with van der Waals surface area (Å²) in [5.74, 6) is 1.18. The number of para-hydroxylation sites is 1. The maximum absolute atomic E-state index is 11.3. The van der Waals surface area contributed by atoms with Crippen molar-refractivity contribution in [1.29, 1.82) is 0 Å². The van der Waals surface area contributed by atoms with Crippen molar-refractivity contribution >= 4 is 52.3 Å². The van der Waals surface area contributed by atoms with Crippen molar-refractivity contribution in [2.45, 2.75) is 19.8 Å². The Balaban J connectivity index is 0.00000385. The van der Waals surface area contributed by atoms with Gasteiger partial charge in [-0.15, -0.1) is 35.1 Å². The van der Waals surface area contributed by atoms with Crippen LogP contribution in [0, 0.1) is 0 Å². The lowest BCUT2D eigenvalue weighted by molar-refractivity contribution is 0.152. The normalized spacial score (nSPS) is 10.9. The van der Waals surface area contributed by atoms with E-state index >= 15 is 0 Å². The number of anilines is 1. The summed E-state index contributed by atoms with van der Waals surface area (Å²) in [4.78, 5) is 22.6. The number of aromatic nitrogens is 1. The molecule has 0 atom stereocenters. The third kappa shape index (κ3) is 8.23. The number of methoxy groups -OCH3 is 1. The van der Waals surface area contributed by atoms with Crippen LogP contribution in [0.4, 0.5) is 9.93 Å². The molecule has 2 aromatic heterocycles. The standard InChI is InChI=1S/C22H27N5O3S2.ClH/c1-3-30-22(28)25-13-11-16-8-9-19(32-16)17-14-31-21(26-17)27-20(23)24-12-10-15-6-4-5-7-18(15)29-2;/h4-9,14H,3,10-13H2,1-2H3,(H,25,28)(H3,23,24,26,27);1H. The number of guanidine groups is 1. The van der Waals surface area contributed by atoms with Crippen molar-refractivity contribution in [3.05, 3.63) is 52.2 Å². The van der Waals surface area contributed by atoms with E-state index in [1.807, 2.05) is 41.8 Å². The molecule has 0 aliphatic rings. The van der Waals surface area contributed by atoms with E-state index in [0.717, 1.165) is 39.6 Å². The van der Waals surface area contributed by atoms with Crippen molar-refractivity contribution in [3.63, 3.8) is 0 Å². The molecule has 0 saturated carbocycles. The van der Waals surface area contributed by atoms with Crippen LogP contribution in [-0.4, -0.2) is 43.8 Å². The van der Waals surface area contributed by atoms with Crippen molar-refractivity contribution in [1.82, 2.24) is 10.3 Å². The molecule has 11 heteroatoms. The van der Waals surface area contributed by atoms with Gasteiger partial charge in [0.25, 0.3) is 0 Å². The lowest BCUT2D eigenvalue weighted by Crippen LogP contribution is -2.26. The Labute approximate surface area is 207 Å². The van der Waals surface area contributed by atoms with E-state index < -0.39 is 0 Å². The Bertz CT molecular complexity index is 1050. The van der Waals surface area contributed by atoms with Gasteiger partial charge >= 0.3 is 6.09 Å². The van der Waals surface area contributed by atoms with Gasteiger partial charge in [0.15, 0.2) is 11.1 Å². The number of benzene rings is 1. The molecule has 3 rings (SSSR count). The van der Waals surface area contributed by atoms with Gasteiger partial charge in [-0.2, -0.15) is 0 Å². The maximum atomic E-state index is 11.3. The van der Waals surface area contributed by atoms with E-state index in [1.165, 1.54) is 11.3 Å². The fraction of sp³-hybridized carbons (Fsp3) is 0.318. The second-order valence-corrected chi connectivity index (χ2v) is 8.68. The summed E-state index contributed by atoms with van der Waals surface area (Å²) in [6.07, 6.45) is 1.09. The van der Waals surface area contributed by atoms with E-state index in [4.69, 9.17) is 15.2 Å². The van der Waals surface area contributed by atoms with Gasteiger partial charge in [0.1, 0.15) is 5.75 Å². The number of carbonyl (C=O) groups is 1.